The zero-order valence-corrected chi connectivity index (χ0v) is 19.7. The maximum Gasteiger partial charge on any atom is 0.252 e. The maximum absolute atomic E-state index is 13.2. The van der Waals surface area contributed by atoms with Crippen molar-refractivity contribution in [3.63, 3.8) is 0 Å². The SMILES string of the molecule is CCc1ccc(NC(=O)[C@@H]2CCCN(S(=O)(=O)c3cc(-c4noc(CC)n4)cs3)C2)cc1. The fourth-order valence-corrected chi connectivity index (χ4v) is 6.49. The third-order valence-corrected chi connectivity index (χ3v) is 8.86. The quantitative estimate of drug-likeness (QED) is 0.556. The average molecular weight is 475 g/mol. The highest BCUT2D eigenvalue weighted by Gasteiger charge is 2.34. The Morgan fingerprint density at radius 2 is 2.03 bits per heavy atom. The molecule has 4 rings (SSSR count). The third-order valence-electron chi connectivity index (χ3n) is 5.58. The summed E-state index contributed by atoms with van der Waals surface area (Å²) in [5, 5.41) is 8.55. The Balaban J connectivity index is 1.45. The number of nitrogens with zero attached hydrogens (tertiary/aromatic N) is 3. The number of aromatic nitrogens is 2. The fraction of sp³-hybridized carbons (Fsp3) is 0.409. The summed E-state index contributed by atoms with van der Waals surface area (Å²) in [6, 6.07) is 9.29. The van der Waals surface area contributed by atoms with Gasteiger partial charge in [0.25, 0.3) is 10.0 Å². The van der Waals surface area contributed by atoms with Crippen molar-refractivity contribution in [2.45, 2.75) is 43.7 Å². The number of nitrogens with one attached hydrogen (secondary N) is 1. The van der Waals surface area contributed by atoms with Crippen LogP contribution in [0.2, 0.25) is 0 Å². The molecule has 0 spiro atoms. The number of amides is 1. The molecule has 1 aliphatic rings. The van der Waals surface area contributed by atoms with Gasteiger partial charge in [-0.05, 0) is 43.0 Å². The highest BCUT2D eigenvalue weighted by molar-refractivity contribution is 7.91. The summed E-state index contributed by atoms with van der Waals surface area (Å²) in [5.74, 6) is 0.336. The lowest BCUT2D eigenvalue weighted by molar-refractivity contribution is -0.120. The molecule has 1 atom stereocenters. The third kappa shape index (κ3) is 4.77. The molecule has 1 aromatic carbocycles. The Labute approximate surface area is 191 Å². The number of thiophene rings is 1. The molecule has 0 radical (unpaired) electrons. The van der Waals surface area contributed by atoms with E-state index in [2.05, 4.69) is 22.4 Å². The molecule has 0 aliphatic carbocycles. The Bertz CT molecular complexity index is 1180. The van der Waals surface area contributed by atoms with Crippen LogP contribution in [0.1, 0.15) is 38.1 Å². The lowest BCUT2D eigenvalue weighted by Gasteiger charge is -2.30. The number of piperidine rings is 1. The molecule has 3 aromatic rings. The standard InChI is InChI=1S/C22H26N4O4S2/c1-3-15-7-9-18(10-8-15)23-22(27)16-6-5-11-26(13-16)32(28,29)20-12-17(14-31-20)21-24-19(4-2)30-25-21/h7-10,12,14,16H,3-6,11,13H2,1-2H3,(H,23,27)/t16-/m1/s1. The topological polar surface area (TPSA) is 105 Å². The van der Waals surface area contributed by atoms with Crippen molar-refractivity contribution in [3.8, 4) is 11.4 Å². The van der Waals surface area contributed by atoms with Crippen LogP contribution >= 0.6 is 11.3 Å². The maximum atomic E-state index is 13.2. The number of anilines is 1. The van der Waals surface area contributed by atoms with E-state index in [4.69, 9.17) is 4.52 Å². The first kappa shape index (κ1) is 22.6. The van der Waals surface area contributed by atoms with Crippen LogP contribution in [0, 0.1) is 5.92 Å². The lowest BCUT2D eigenvalue weighted by atomic mass is 9.98. The van der Waals surface area contributed by atoms with Gasteiger partial charge in [0.15, 0.2) is 0 Å². The summed E-state index contributed by atoms with van der Waals surface area (Å²) in [7, 11) is -3.71. The number of sulfonamides is 1. The Hall–Kier alpha value is -2.56. The molecule has 1 saturated heterocycles. The van der Waals surface area contributed by atoms with Crippen LogP contribution in [0.5, 0.6) is 0 Å². The van der Waals surface area contributed by atoms with Crippen LogP contribution in [0.4, 0.5) is 5.69 Å². The largest absolute Gasteiger partial charge is 0.339 e. The molecule has 0 saturated carbocycles. The van der Waals surface area contributed by atoms with E-state index in [1.165, 1.54) is 9.87 Å². The monoisotopic (exact) mass is 474 g/mol. The van der Waals surface area contributed by atoms with E-state index in [0.717, 1.165) is 23.4 Å². The summed E-state index contributed by atoms with van der Waals surface area (Å²) < 4.78 is 33.2. The van der Waals surface area contributed by atoms with Gasteiger partial charge < -0.3 is 9.84 Å². The van der Waals surface area contributed by atoms with E-state index in [0.29, 0.717) is 43.1 Å². The molecule has 1 aliphatic heterocycles. The Kier molecular flexibility index (Phi) is 6.73. The molecule has 32 heavy (non-hydrogen) atoms. The highest BCUT2D eigenvalue weighted by Crippen LogP contribution is 2.31. The molecule has 10 heteroatoms. The van der Waals surface area contributed by atoms with Crippen molar-refractivity contribution in [2.24, 2.45) is 5.92 Å². The van der Waals surface area contributed by atoms with E-state index in [1.807, 2.05) is 31.2 Å². The second-order valence-corrected chi connectivity index (χ2v) is 10.8. The number of benzene rings is 1. The Morgan fingerprint density at radius 1 is 1.25 bits per heavy atom. The minimum atomic E-state index is -3.71. The van der Waals surface area contributed by atoms with Gasteiger partial charge in [0.1, 0.15) is 4.21 Å². The van der Waals surface area contributed by atoms with Crippen molar-refractivity contribution < 1.29 is 17.7 Å². The highest BCUT2D eigenvalue weighted by atomic mass is 32.2. The molecular formula is C22H26N4O4S2. The van der Waals surface area contributed by atoms with Crippen LogP contribution < -0.4 is 5.32 Å². The van der Waals surface area contributed by atoms with E-state index >= 15 is 0 Å². The van der Waals surface area contributed by atoms with E-state index in [9.17, 15) is 13.2 Å². The number of hydrogen-bond donors (Lipinski definition) is 1. The summed E-state index contributed by atoms with van der Waals surface area (Å²) in [4.78, 5) is 17.1. The number of aryl methyl sites for hydroxylation is 2. The average Bonchev–Trinajstić information content (AvgIpc) is 3.49. The Morgan fingerprint density at radius 3 is 2.72 bits per heavy atom. The molecule has 170 valence electrons. The van der Waals surface area contributed by atoms with Crippen molar-refractivity contribution in [1.82, 2.24) is 14.4 Å². The smallest absolute Gasteiger partial charge is 0.252 e. The molecule has 2 aromatic heterocycles. The van der Waals surface area contributed by atoms with Gasteiger partial charge in [-0.1, -0.05) is 31.1 Å². The molecule has 0 bridgehead atoms. The first-order valence-corrected chi connectivity index (χ1v) is 13.0. The zero-order chi connectivity index (χ0) is 22.7. The van der Waals surface area contributed by atoms with Gasteiger partial charge in [-0.15, -0.1) is 11.3 Å². The molecule has 0 unspecified atom stereocenters. The van der Waals surface area contributed by atoms with Gasteiger partial charge in [0.05, 0.1) is 5.92 Å². The minimum Gasteiger partial charge on any atom is -0.339 e. The van der Waals surface area contributed by atoms with Crippen LogP contribution in [0.15, 0.2) is 44.4 Å². The first-order valence-electron chi connectivity index (χ1n) is 10.7. The van der Waals surface area contributed by atoms with Gasteiger partial charge in [-0.25, -0.2) is 8.42 Å². The van der Waals surface area contributed by atoms with Crippen LogP contribution in [0.25, 0.3) is 11.4 Å². The second-order valence-electron chi connectivity index (χ2n) is 7.76. The van der Waals surface area contributed by atoms with Gasteiger partial charge in [0.2, 0.25) is 17.6 Å². The molecule has 3 heterocycles. The van der Waals surface area contributed by atoms with Crippen molar-refractivity contribution in [1.29, 1.82) is 0 Å². The van der Waals surface area contributed by atoms with Crippen LogP contribution in [-0.4, -0.2) is 41.9 Å². The van der Waals surface area contributed by atoms with E-state index in [1.54, 1.807) is 11.4 Å². The first-order chi connectivity index (χ1) is 15.4. The summed E-state index contributed by atoms with van der Waals surface area (Å²) in [5.41, 5.74) is 2.53. The fourth-order valence-electron chi connectivity index (χ4n) is 3.65. The van der Waals surface area contributed by atoms with Gasteiger partial charge >= 0.3 is 0 Å². The van der Waals surface area contributed by atoms with Gasteiger partial charge in [-0.3, -0.25) is 4.79 Å². The number of carbonyl (C=O) groups excluding carboxylic acids is 1. The predicted octanol–water partition coefficient (Wildman–Crippen LogP) is 3.96. The lowest BCUT2D eigenvalue weighted by Crippen LogP contribution is -2.43. The van der Waals surface area contributed by atoms with E-state index < -0.39 is 15.9 Å². The molecule has 1 fully saturated rings. The normalized spacial score (nSPS) is 17.4. The minimum absolute atomic E-state index is 0.153. The van der Waals surface area contributed by atoms with Gasteiger partial charge in [-0.2, -0.15) is 9.29 Å². The van der Waals surface area contributed by atoms with Crippen LogP contribution in [-0.2, 0) is 27.7 Å². The zero-order valence-electron chi connectivity index (χ0n) is 18.1. The van der Waals surface area contributed by atoms with Gasteiger partial charge in [0, 0.05) is 36.1 Å². The predicted molar refractivity (Wildman–Crippen MR) is 123 cm³/mol. The molecule has 1 N–H and O–H groups in total. The molecule has 1 amide bonds. The second kappa shape index (κ2) is 9.51. The van der Waals surface area contributed by atoms with Crippen molar-refractivity contribution in [2.75, 3.05) is 18.4 Å². The summed E-state index contributed by atoms with van der Waals surface area (Å²) in [6.07, 6.45) is 2.83. The van der Waals surface area contributed by atoms with E-state index in [-0.39, 0.29) is 16.7 Å². The van der Waals surface area contributed by atoms with Crippen molar-refractivity contribution in [3.05, 3.63) is 47.2 Å². The summed E-state index contributed by atoms with van der Waals surface area (Å²) in [6.45, 7) is 4.54. The summed E-state index contributed by atoms with van der Waals surface area (Å²) >= 11 is 1.13. The number of rotatable bonds is 7. The molecule has 8 nitrogen and oxygen atoms in total. The van der Waals surface area contributed by atoms with Crippen molar-refractivity contribution >= 4 is 33.0 Å². The number of hydrogen-bond acceptors (Lipinski definition) is 7. The number of carbonyl (C=O) groups is 1. The van der Waals surface area contributed by atoms with Crippen LogP contribution in [0.3, 0.4) is 0 Å². The molecular weight excluding hydrogens is 448 g/mol.